The minimum absolute atomic E-state index is 0.0516. The summed E-state index contributed by atoms with van der Waals surface area (Å²) < 4.78 is 13.0. The number of ether oxygens (including phenoxy) is 1. The molecule has 2 bridgehead atoms. The van der Waals surface area contributed by atoms with Gasteiger partial charge in [-0.1, -0.05) is 26.8 Å². The van der Waals surface area contributed by atoms with Crippen molar-refractivity contribution in [1.29, 1.82) is 0 Å². The third kappa shape index (κ3) is 2.20. The summed E-state index contributed by atoms with van der Waals surface area (Å²) in [7, 11) is -0.0248. The molecular formula is C23H31NO4Si. The Kier molecular flexibility index (Phi) is 3.69. The topological polar surface area (TPSA) is 59.0 Å². The van der Waals surface area contributed by atoms with Crippen LogP contribution in [0.15, 0.2) is 24.3 Å². The molecule has 29 heavy (non-hydrogen) atoms. The zero-order valence-corrected chi connectivity index (χ0v) is 19.2. The Labute approximate surface area is 173 Å². The number of hydrogen-bond acceptors (Lipinski definition) is 5. The van der Waals surface area contributed by atoms with Crippen LogP contribution in [0.2, 0.25) is 18.1 Å². The van der Waals surface area contributed by atoms with Gasteiger partial charge in [-0.15, -0.1) is 0 Å². The van der Waals surface area contributed by atoms with Crippen LogP contribution >= 0.6 is 0 Å². The van der Waals surface area contributed by atoms with Gasteiger partial charge in [-0.3, -0.25) is 9.69 Å². The highest BCUT2D eigenvalue weighted by atomic mass is 28.4. The van der Waals surface area contributed by atoms with Gasteiger partial charge in [-0.2, -0.15) is 0 Å². The van der Waals surface area contributed by atoms with Gasteiger partial charge >= 0.3 is 0 Å². The van der Waals surface area contributed by atoms with Crippen LogP contribution in [-0.2, 0) is 16.6 Å². The lowest BCUT2D eigenvalue weighted by Gasteiger charge is -2.60. The van der Waals surface area contributed by atoms with Crippen LogP contribution < -0.4 is 9.16 Å². The van der Waals surface area contributed by atoms with Crippen LogP contribution in [0.1, 0.15) is 38.3 Å². The van der Waals surface area contributed by atoms with E-state index in [0.29, 0.717) is 12.2 Å². The smallest absolute Gasteiger partial charge is 0.250 e. The predicted octanol–water partition coefficient (Wildman–Crippen LogP) is 3.20. The first-order valence-corrected chi connectivity index (χ1v) is 13.5. The number of rotatable bonds is 2. The summed E-state index contributed by atoms with van der Waals surface area (Å²) in [4.78, 5) is 15.2. The number of likely N-dealkylation sites (N-methyl/N-ethyl adjacent to an activating group) is 1. The predicted molar refractivity (Wildman–Crippen MR) is 114 cm³/mol. The number of piperidine rings is 1. The normalized spacial score (nSPS) is 35.3. The Balaban J connectivity index is 1.72. The van der Waals surface area contributed by atoms with E-state index in [1.807, 2.05) is 6.07 Å². The first-order valence-electron chi connectivity index (χ1n) is 10.6. The number of ketones is 1. The van der Waals surface area contributed by atoms with Gasteiger partial charge in [0, 0.05) is 11.6 Å². The number of aliphatic hydroxyl groups is 1. The molecular weight excluding hydrogens is 382 g/mol. The van der Waals surface area contributed by atoms with Crippen LogP contribution in [0.5, 0.6) is 11.5 Å². The van der Waals surface area contributed by atoms with Gasteiger partial charge in [0.15, 0.2) is 17.6 Å². The monoisotopic (exact) mass is 413 g/mol. The molecule has 0 aromatic heterocycles. The fourth-order valence-electron chi connectivity index (χ4n) is 5.62. The van der Waals surface area contributed by atoms with E-state index < -0.39 is 25.4 Å². The maximum absolute atomic E-state index is 12.9. The zero-order chi connectivity index (χ0) is 21.0. The zero-order valence-electron chi connectivity index (χ0n) is 18.2. The summed E-state index contributed by atoms with van der Waals surface area (Å²) in [5.74, 6) is 1.36. The molecule has 4 aliphatic rings. The standard InChI is InChI=1S/C23H31NO4Si/c1-21(2,3)29(5,6)28-16-8-7-14-13-17-23(26)10-9-15(25)20-22(23,11-12-24(17)4)18(14)19(16)27-20/h7-10,17,20,26H,11-13H2,1-6H3/t17-,20+,22+,23-/m1/s1. The van der Waals surface area contributed by atoms with E-state index in [4.69, 9.17) is 9.16 Å². The lowest BCUT2D eigenvalue weighted by molar-refractivity contribution is -0.151. The van der Waals surface area contributed by atoms with Gasteiger partial charge < -0.3 is 14.3 Å². The van der Waals surface area contributed by atoms with Crippen molar-refractivity contribution < 1.29 is 19.1 Å². The molecule has 2 aliphatic carbocycles. The molecule has 4 atom stereocenters. The third-order valence-corrected chi connectivity index (χ3v) is 12.6. The molecule has 5 nitrogen and oxygen atoms in total. The Bertz CT molecular complexity index is 949. The van der Waals surface area contributed by atoms with E-state index in [9.17, 15) is 9.90 Å². The van der Waals surface area contributed by atoms with Crippen molar-refractivity contribution in [2.75, 3.05) is 13.6 Å². The van der Waals surface area contributed by atoms with E-state index in [2.05, 4.69) is 51.9 Å². The second-order valence-electron chi connectivity index (χ2n) is 10.8. The van der Waals surface area contributed by atoms with Crippen molar-refractivity contribution in [3.63, 3.8) is 0 Å². The molecule has 156 valence electrons. The van der Waals surface area contributed by atoms with E-state index in [1.54, 1.807) is 6.08 Å². The average molecular weight is 414 g/mol. The molecule has 1 fully saturated rings. The molecule has 6 heteroatoms. The average Bonchev–Trinajstić information content (AvgIpc) is 2.97. The fraction of sp³-hybridized carbons (Fsp3) is 0.609. The van der Waals surface area contributed by atoms with Crippen molar-refractivity contribution in [2.45, 2.75) is 74.9 Å². The number of carbonyl (C=O) groups is 1. The van der Waals surface area contributed by atoms with Crippen molar-refractivity contribution >= 4 is 14.1 Å². The Morgan fingerprint density at radius 2 is 2.03 bits per heavy atom. The lowest BCUT2D eigenvalue weighted by Crippen LogP contribution is -2.74. The first-order chi connectivity index (χ1) is 13.4. The molecule has 0 saturated carbocycles. The summed E-state index contributed by atoms with van der Waals surface area (Å²) in [5.41, 5.74) is 0.371. The molecule has 1 N–H and O–H groups in total. The molecule has 1 aromatic carbocycles. The van der Waals surface area contributed by atoms with Gasteiger partial charge in [-0.25, -0.2) is 0 Å². The van der Waals surface area contributed by atoms with E-state index in [1.165, 1.54) is 11.6 Å². The quantitative estimate of drug-likeness (QED) is 0.755. The van der Waals surface area contributed by atoms with Gasteiger partial charge in [0.1, 0.15) is 11.4 Å². The number of likely N-dealkylation sites (tertiary alicyclic amines) is 1. The fourth-order valence-corrected chi connectivity index (χ4v) is 6.64. The van der Waals surface area contributed by atoms with Crippen LogP contribution in [0.4, 0.5) is 0 Å². The number of nitrogens with zero attached hydrogens (tertiary/aromatic N) is 1. The highest BCUT2D eigenvalue weighted by molar-refractivity contribution is 6.74. The highest BCUT2D eigenvalue weighted by Gasteiger charge is 2.71. The van der Waals surface area contributed by atoms with Crippen molar-refractivity contribution in [2.24, 2.45) is 0 Å². The van der Waals surface area contributed by atoms with Crippen molar-refractivity contribution in [3.8, 4) is 11.5 Å². The van der Waals surface area contributed by atoms with Crippen molar-refractivity contribution in [1.82, 2.24) is 4.90 Å². The number of benzene rings is 1. The Morgan fingerprint density at radius 1 is 1.31 bits per heavy atom. The van der Waals surface area contributed by atoms with Crippen LogP contribution in [-0.4, -0.2) is 55.4 Å². The maximum Gasteiger partial charge on any atom is 0.250 e. The molecule has 1 aromatic rings. The second-order valence-corrected chi connectivity index (χ2v) is 15.5. The third-order valence-electron chi connectivity index (χ3n) is 8.30. The van der Waals surface area contributed by atoms with Crippen LogP contribution in [0, 0.1) is 0 Å². The van der Waals surface area contributed by atoms with E-state index in [0.717, 1.165) is 24.3 Å². The molecule has 2 aliphatic heterocycles. The van der Waals surface area contributed by atoms with Gasteiger partial charge in [0.05, 0.1) is 5.41 Å². The van der Waals surface area contributed by atoms with Crippen LogP contribution in [0.3, 0.4) is 0 Å². The van der Waals surface area contributed by atoms with Gasteiger partial charge in [-0.05, 0) is 68.3 Å². The van der Waals surface area contributed by atoms with E-state index >= 15 is 0 Å². The summed E-state index contributed by atoms with van der Waals surface area (Å²) >= 11 is 0. The summed E-state index contributed by atoms with van der Waals surface area (Å²) in [6.45, 7) is 11.9. The largest absolute Gasteiger partial charge is 0.541 e. The molecule has 1 spiro atoms. The van der Waals surface area contributed by atoms with Crippen molar-refractivity contribution in [3.05, 3.63) is 35.4 Å². The molecule has 0 amide bonds. The first kappa shape index (κ1) is 19.3. The minimum Gasteiger partial charge on any atom is -0.541 e. The Hall–Kier alpha value is -1.63. The number of hydrogen-bond donors (Lipinski definition) is 1. The summed E-state index contributed by atoms with van der Waals surface area (Å²) in [6, 6.07) is 4.08. The van der Waals surface area contributed by atoms with E-state index in [-0.39, 0.29) is 16.9 Å². The summed E-state index contributed by atoms with van der Waals surface area (Å²) in [6.07, 6.45) is 4.04. The molecule has 0 unspecified atom stereocenters. The minimum atomic E-state index is -2.09. The van der Waals surface area contributed by atoms with Gasteiger partial charge in [0.25, 0.3) is 8.32 Å². The SMILES string of the molecule is CN1CC[C@]23c4c5ccc(O[Si](C)(C)C(C)(C)C)c4O[C@H]2C(=O)C=C[C@@]3(O)[C@H]1C5. The lowest BCUT2D eigenvalue weighted by atomic mass is 9.51. The maximum atomic E-state index is 12.9. The molecule has 0 radical (unpaired) electrons. The van der Waals surface area contributed by atoms with Crippen LogP contribution in [0.25, 0.3) is 0 Å². The molecule has 5 rings (SSSR count). The second kappa shape index (κ2) is 5.53. The highest BCUT2D eigenvalue weighted by Crippen LogP contribution is 2.63. The number of carbonyl (C=O) groups excluding carboxylic acids is 1. The molecule has 2 heterocycles. The van der Waals surface area contributed by atoms with Gasteiger partial charge in [0.2, 0.25) is 0 Å². The molecule has 1 saturated heterocycles. The Morgan fingerprint density at radius 3 is 2.72 bits per heavy atom. The summed E-state index contributed by atoms with van der Waals surface area (Å²) in [5, 5.41) is 12.0.